The Bertz CT molecular complexity index is 1730. The minimum Gasteiger partial charge on any atom is -0.398 e. The van der Waals surface area contributed by atoms with Gasteiger partial charge in [0.15, 0.2) is 0 Å². The second-order valence-electron chi connectivity index (χ2n) is 10.9. The van der Waals surface area contributed by atoms with Gasteiger partial charge >= 0.3 is 5.92 Å². The van der Waals surface area contributed by atoms with Crippen LogP contribution in [0.15, 0.2) is 24.3 Å². The summed E-state index contributed by atoms with van der Waals surface area (Å²) in [6.07, 6.45) is 0. The third-order valence-electron chi connectivity index (χ3n) is 8.08. The number of carbonyl (C=O) groups is 4. The molecule has 2 aromatic carbocycles. The number of nitrogens with zero attached hydrogens (tertiary/aromatic N) is 3. The molecule has 0 aliphatic carbocycles. The molecule has 2 heterocycles. The van der Waals surface area contributed by atoms with Crippen LogP contribution in [0.3, 0.4) is 0 Å². The number of hydrogen-bond donors (Lipinski definition) is 0. The Balaban J connectivity index is 1.92. The van der Waals surface area contributed by atoms with Gasteiger partial charge in [-0.15, -0.1) is 0 Å². The highest BCUT2D eigenvalue weighted by atomic mass is 35.5. The number of fused-ring (bicyclic) bond motifs is 1. The summed E-state index contributed by atoms with van der Waals surface area (Å²) in [4.78, 5) is 52.6. The average Bonchev–Trinajstić information content (AvgIpc) is 3.17. The van der Waals surface area contributed by atoms with E-state index in [4.69, 9.17) is 122 Å². The smallest absolute Gasteiger partial charge is 0.348 e. The van der Waals surface area contributed by atoms with Crippen LogP contribution in [0, 0.1) is 0 Å². The topological polar surface area (TPSA) is 78.0 Å². The van der Waals surface area contributed by atoms with E-state index in [-0.39, 0.29) is 19.5 Å². The fourth-order valence-electron chi connectivity index (χ4n) is 5.37. The summed E-state index contributed by atoms with van der Waals surface area (Å²) in [5, 5.41) is -11.9. The summed E-state index contributed by atoms with van der Waals surface area (Å²) in [5.74, 6) is -11.1. The first-order valence-corrected chi connectivity index (χ1v) is 12.9. The molecule has 1 unspecified atom stereocenters. The van der Waals surface area contributed by atoms with Crippen molar-refractivity contribution in [3.8, 4) is 0 Å². The van der Waals surface area contributed by atoms with Crippen LogP contribution in [0.4, 0.5) is 8.78 Å². The molecule has 194 valence electrons. The molecule has 28 radical (unpaired) electrons. The van der Waals surface area contributed by atoms with Crippen LogP contribution in [0.2, 0.25) is 15.5 Å². The van der Waals surface area contributed by atoms with Gasteiger partial charge in [-0.3, -0.25) is 19.2 Å². The van der Waals surface area contributed by atoms with Crippen molar-refractivity contribution >= 4 is 162 Å². The van der Waals surface area contributed by atoms with Crippen molar-refractivity contribution in [2.24, 2.45) is 0 Å². The predicted octanol–water partition coefficient (Wildman–Crippen LogP) is -6.00. The van der Waals surface area contributed by atoms with E-state index in [1.807, 2.05) is 0 Å². The number of halogens is 3. The number of rotatable bonds is 5. The second kappa shape index (κ2) is 10.8. The quantitative estimate of drug-likeness (QED) is 0.254. The zero-order chi connectivity index (χ0) is 35.5. The van der Waals surface area contributed by atoms with Crippen LogP contribution >= 0.6 is 11.6 Å². The van der Waals surface area contributed by atoms with E-state index in [1.165, 1.54) is 0 Å². The number of alkyl halides is 2. The lowest BCUT2D eigenvalue weighted by Crippen LogP contribution is -2.78. The molecule has 0 bridgehead atoms. The van der Waals surface area contributed by atoms with Crippen molar-refractivity contribution in [1.82, 2.24) is 14.5 Å². The summed E-state index contributed by atoms with van der Waals surface area (Å²) in [6.45, 7) is 0. The van der Waals surface area contributed by atoms with E-state index >= 15 is 8.78 Å². The van der Waals surface area contributed by atoms with E-state index in [1.54, 1.807) is 0 Å². The third kappa shape index (κ3) is 4.48. The van der Waals surface area contributed by atoms with Crippen LogP contribution in [0.1, 0.15) is 27.0 Å². The van der Waals surface area contributed by atoms with E-state index < -0.39 is 94.7 Å². The summed E-state index contributed by atoms with van der Waals surface area (Å²) in [6, 6.07) is 3.84. The molecular weight excluding hydrogens is 595 g/mol. The van der Waals surface area contributed by atoms with Gasteiger partial charge in [0.25, 0.3) is 11.8 Å². The lowest BCUT2D eigenvalue weighted by Gasteiger charge is -2.65. The number of amides is 4. The normalized spacial score (nSPS) is 22.0. The Kier molecular flexibility index (Phi) is 8.55. The molecule has 1 fully saturated rings. The Morgan fingerprint density at radius 2 is 1.35 bits per heavy atom. The van der Waals surface area contributed by atoms with Gasteiger partial charge in [-0.05, 0) is 33.6 Å². The van der Waals surface area contributed by atoms with Crippen molar-refractivity contribution < 1.29 is 28.0 Å². The Hall–Kier alpha value is -2.42. The second-order valence-corrected chi connectivity index (χ2v) is 11.3. The molecule has 0 N–H and O–H groups in total. The van der Waals surface area contributed by atoms with Crippen molar-refractivity contribution in [2.45, 2.75) is 32.5 Å². The minimum atomic E-state index is -4.35. The van der Waals surface area contributed by atoms with E-state index in [2.05, 4.69) is 0 Å². The van der Waals surface area contributed by atoms with Crippen molar-refractivity contribution in [3.05, 3.63) is 51.5 Å². The molecule has 4 rings (SSSR count). The standard InChI is InChI=1S/C22H4B14ClF2N3O4/c23-10-7-8(20(29,30)41(13(7)43)19(28)16(46)40(35)15(45)18(26,27)22(19,33)34)11(24)9(12(10)25)21(31,32)42(36)14(44)17(38,39)5-1-3-6(37)4-2-5/h1-4H. The van der Waals surface area contributed by atoms with Gasteiger partial charge in [0.05, 0.1) is 68.2 Å². The predicted molar refractivity (Wildman–Crippen MR) is 178 cm³/mol. The van der Waals surface area contributed by atoms with Crippen molar-refractivity contribution in [3.63, 3.8) is 0 Å². The van der Waals surface area contributed by atoms with Crippen molar-refractivity contribution in [1.29, 1.82) is 0 Å². The van der Waals surface area contributed by atoms with E-state index in [9.17, 15) is 19.2 Å². The maximum absolute atomic E-state index is 15.3. The maximum atomic E-state index is 15.3. The Morgan fingerprint density at radius 1 is 0.848 bits per heavy atom. The fraction of sp³-hybridized carbons (Fsp3) is 0.273. The molecule has 4 amide bonds. The van der Waals surface area contributed by atoms with Gasteiger partial charge in [0, 0.05) is 16.1 Å². The SMILES string of the molecule is [B]c1c([B])c(C([B])([B])N([B])C(=O)C(F)(F)c2ccc(Cl)cc2)c([B])c2c1C(=O)N(C1([B])C(=O)N([B])C(=O)C([B])([B])C1([B])[B])C2([B])[B]. The number of carbonyl (C=O) groups excluding carboxylic acids is 4. The number of hydrogen-bond acceptors (Lipinski definition) is 4. The largest absolute Gasteiger partial charge is 0.398 e. The zero-order valence-corrected chi connectivity index (χ0v) is 24.3. The van der Waals surface area contributed by atoms with Gasteiger partial charge in [0.2, 0.25) is 27.8 Å². The first-order valence-electron chi connectivity index (χ1n) is 12.5. The monoisotopic (exact) mass is 601 g/mol. The van der Waals surface area contributed by atoms with Crippen molar-refractivity contribution in [2.75, 3.05) is 0 Å². The van der Waals surface area contributed by atoms with Crippen LogP contribution < -0.4 is 16.4 Å². The Morgan fingerprint density at radius 3 is 1.85 bits per heavy atom. The molecule has 2 aromatic rings. The highest BCUT2D eigenvalue weighted by Gasteiger charge is 2.67. The van der Waals surface area contributed by atoms with Crippen LogP contribution in [-0.2, 0) is 31.0 Å². The molecule has 24 heteroatoms. The number of piperidine rings is 1. The highest BCUT2D eigenvalue weighted by Crippen LogP contribution is 2.58. The summed E-state index contributed by atoms with van der Waals surface area (Å²) in [7, 11) is 84.8. The molecule has 0 aromatic heterocycles. The zero-order valence-electron chi connectivity index (χ0n) is 23.5. The maximum Gasteiger partial charge on any atom is 0.348 e. The summed E-state index contributed by atoms with van der Waals surface area (Å²) < 4.78 is 30.5. The summed E-state index contributed by atoms with van der Waals surface area (Å²) >= 11 is 5.74. The molecular formula is C22H4B14ClF2N3O4. The third-order valence-corrected chi connectivity index (χ3v) is 8.34. The lowest BCUT2D eigenvalue weighted by atomic mass is 9.20. The summed E-state index contributed by atoms with van der Waals surface area (Å²) in [5.41, 5.74) is -8.80. The molecule has 46 heavy (non-hydrogen) atoms. The number of benzene rings is 2. The molecule has 0 saturated carbocycles. The lowest BCUT2D eigenvalue weighted by molar-refractivity contribution is -0.155. The molecule has 2 aliphatic rings. The first kappa shape index (κ1) is 36.4. The molecule has 2 aliphatic heterocycles. The molecule has 1 saturated heterocycles. The van der Waals surface area contributed by atoms with Gasteiger partial charge in [-0.25, -0.2) is 0 Å². The average molecular weight is 599 g/mol. The van der Waals surface area contributed by atoms with E-state index in [0.29, 0.717) is 0 Å². The number of imide groups is 1. The Labute approximate surface area is 287 Å². The first-order chi connectivity index (χ1) is 20.7. The van der Waals surface area contributed by atoms with Gasteiger partial charge in [-0.2, -0.15) is 8.78 Å². The van der Waals surface area contributed by atoms with Crippen LogP contribution in [0.5, 0.6) is 0 Å². The van der Waals surface area contributed by atoms with Gasteiger partial charge in [-0.1, -0.05) is 50.9 Å². The highest BCUT2D eigenvalue weighted by molar-refractivity contribution is 6.68. The van der Waals surface area contributed by atoms with Gasteiger partial charge in [0.1, 0.15) is 31.4 Å². The fourth-order valence-corrected chi connectivity index (χ4v) is 5.50. The van der Waals surface area contributed by atoms with E-state index in [0.717, 1.165) is 24.3 Å². The molecule has 1 atom stereocenters. The van der Waals surface area contributed by atoms with Crippen LogP contribution in [-0.4, -0.2) is 154 Å². The molecule has 7 nitrogen and oxygen atoms in total. The minimum absolute atomic E-state index is 0.0819. The van der Waals surface area contributed by atoms with Gasteiger partial charge < -0.3 is 14.5 Å². The van der Waals surface area contributed by atoms with Crippen LogP contribution in [0.25, 0.3) is 0 Å². The molecule has 0 spiro atoms.